The van der Waals surface area contributed by atoms with Crippen LogP contribution < -0.4 is 0 Å². The van der Waals surface area contributed by atoms with Crippen LogP contribution in [0.2, 0.25) is 0 Å². The number of esters is 8. The molecule has 4 atom stereocenters. The molecule has 574 valence electrons. The Hall–Kier alpha value is -2.96. The predicted molar refractivity (Wildman–Crippen MR) is 405 cm³/mol. The summed E-state index contributed by atoms with van der Waals surface area (Å²) in [7, 11) is 2.01. The van der Waals surface area contributed by atoms with Crippen molar-refractivity contribution in [1.29, 1.82) is 0 Å². The number of unbranched alkanes of at least 4 members (excludes halogenated alkanes) is 21. The minimum atomic E-state index is -0.446. The van der Waals surface area contributed by atoms with E-state index in [-0.39, 0.29) is 125 Å². The Morgan fingerprint density at radius 1 is 0.286 bits per heavy atom. The molecule has 0 heterocycles. The molecule has 98 heavy (non-hydrogen) atoms. The first-order chi connectivity index (χ1) is 47.5. The van der Waals surface area contributed by atoms with Crippen molar-refractivity contribution in [3.8, 4) is 0 Å². The molecule has 0 saturated carbocycles. The van der Waals surface area contributed by atoms with Gasteiger partial charge in [-0.25, -0.2) is 0 Å². The molecule has 0 rings (SSSR count). The van der Waals surface area contributed by atoms with Crippen LogP contribution in [0.4, 0.5) is 0 Å². The number of nitrogens with zero attached hydrogens (tertiary/aromatic N) is 3. The monoisotopic (exact) mass is 1470 g/mol. The van der Waals surface area contributed by atoms with Crippen molar-refractivity contribution < 1.29 is 76.3 Å². The second-order valence-corrected chi connectivity index (χ2v) is 31.0. The maximum Gasteiger partial charge on any atom is 0.318 e. The van der Waals surface area contributed by atoms with Crippen LogP contribution in [-0.4, -0.2) is 220 Å². The van der Waals surface area contributed by atoms with E-state index in [1.54, 1.807) is 47.0 Å². The van der Waals surface area contributed by atoms with E-state index in [1.165, 1.54) is 128 Å². The molecule has 0 aliphatic heterocycles. The van der Waals surface area contributed by atoms with Crippen molar-refractivity contribution in [2.45, 2.75) is 260 Å². The number of carbonyl (C=O) groups is 8. The zero-order chi connectivity index (χ0) is 72.3. The van der Waals surface area contributed by atoms with Crippen LogP contribution in [0.25, 0.3) is 0 Å². The molecular weight excluding hydrogens is 1330 g/mol. The molecule has 0 N–H and O–H groups in total. The van der Waals surface area contributed by atoms with E-state index < -0.39 is 23.9 Å². The van der Waals surface area contributed by atoms with Gasteiger partial charge in [-0.15, -0.1) is 11.8 Å². The fourth-order valence-corrected chi connectivity index (χ4v) is 14.4. The SMILES string of the molecule is CCCCCCCCCSC(C)C(=O)OCCOC(=O)CCN(CCCN(C)CCCN(CCC(=O)OCCOC(=O)C(C)CSCCCCCCCC)CCC(=O)OCCOC(=O)C(C)CSCCCCCCCC)CCC(=O)OCCOC(=O)C(C)CSCCCCCCCC. The molecule has 0 saturated heterocycles. The molecule has 0 aromatic heterocycles. The summed E-state index contributed by atoms with van der Waals surface area (Å²) in [5, 5.41) is -0.308. The minimum absolute atomic E-state index is 0.0287. The number of hydrogen-bond donors (Lipinski definition) is 0. The Bertz CT molecular complexity index is 1730. The fraction of sp³-hybridized carbons (Fsp3) is 0.893. The average molecular weight is 1470 g/mol. The molecule has 4 unspecified atom stereocenters. The van der Waals surface area contributed by atoms with Crippen molar-refractivity contribution in [1.82, 2.24) is 14.7 Å². The highest BCUT2D eigenvalue weighted by Crippen LogP contribution is 2.19. The van der Waals surface area contributed by atoms with Crippen molar-refractivity contribution in [2.24, 2.45) is 17.8 Å². The second-order valence-electron chi connectivity index (χ2n) is 26.1. The van der Waals surface area contributed by atoms with Crippen LogP contribution in [-0.2, 0) is 76.3 Å². The lowest BCUT2D eigenvalue weighted by Gasteiger charge is -2.25. The third kappa shape index (κ3) is 61.7. The summed E-state index contributed by atoms with van der Waals surface area (Å²) < 4.78 is 43.6. The third-order valence-corrected chi connectivity index (χ3v) is 21.8. The Morgan fingerprint density at radius 3 is 0.816 bits per heavy atom. The van der Waals surface area contributed by atoms with E-state index >= 15 is 0 Å². The first-order valence-corrected chi connectivity index (χ1v) is 42.8. The maximum atomic E-state index is 13.0. The lowest BCUT2D eigenvalue weighted by Crippen LogP contribution is -2.34. The molecule has 0 aliphatic carbocycles. The Balaban J connectivity index is 5.51. The van der Waals surface area contributed by atoms with Crippen molar-refractivity contribution >= 4 is 94.8 Å². The third-order valence-electron chi connectivity index (χ3n) is 16.6. The lowest BCUT2D eigenvalue weighted by molar-refractivity contribution is -0.154. The molecular formula is C75H139N3O16S4. The predicted octanol–water partition coefficient (Wildman–Crippen LogP) is 15.3. The highest BCUT2D eigenvalue weighted by atomic mass is 32.2. The Labute approximate surface area is 612 Å². The van der Waals surface area contributed by atoms with Gasteiger partial charge in [0.1, 0.15) is 52.9 Å². The molecule has 0 aliphatic rings. The summed E-state index contributed by atoms with van der Waals surface area (Å²) in [5.74, 6) is 2.16. The number of hydrogen-bond acceptors (Lipinski definition) is 23. The van der Waals surface area contributed by atoms with Crippen LogP contribution in [0, 0.1) is 17.8 Å². The van der Waals surface area contributed by atoms with Crippen molar-refractivity contribution in [3.63, 3.8) is 0 Å². The lowest BCUT2D eigenvalue weighted by atomic mass is 10.1. The topological polar surface area (TPSA) is 220 Å². The van der Waals surface area contributed by atoms with Crippen LogP contribution in [0.5, 0.6) is 0 Å². The first kappa shape index (κ1) is 95.0. The van der Waals surface area contributed by atoms with Gasteiger partial charge in [0.05, 0.1) is 48.7 Å². The van der Waals surface area contributed by atoms with Gasteiger partial charge in [0.2, 0.25) is 0 Å². The van der Waals surface area contributed by atoms with Gasteiger partial charge < -0.3 is 52.6 Å². The summed E-state index contributed by atoms with van der Waals surface area (Å²) in [5.41, 5.74) is 0. The molecule has 0 bridgehead atoms. The fourth-order valence-electron chi connectivity index (χ4n) is 10.3. The second kappa shape index (κ2) is 69.7. The average Bonchev–Trinajstić information content (AvgIpc) is 1.52. The zero-order valence-electron chi connectivity index (χ0n) is 63.0. The summed E-state index contributed by atoms with van der Waals surface area (Å²) in [6, 6.07) is 0. The standard InChI is InChI=1S/C75H139N3O16S4/c1-10-14-18-22-26-30-34-60-98-67(8)75(86)94-56-52-90-71(82)40-48-78(47-39-70(81)89-51-55-93-74(85)66(7)63-97-59-33-29-25-21-17-13-4)44-36-42-76(9)41-35-43-77(45-37-68(79)87-49-53-91-72(83)64(5)61-95-57-31-27-23-19-15-11-2)46-38-69(80)88-50-54-92-73(84)65(6)62-96-58-32-28-24-20-16-12-3/h64-67H,10-63H2,1-9H3. The summed E-state index contributed by atoms with van der Waals surface area (Å²) >= 11 is 6.87. The first-order valence-electron chi connectivity index (χ1n) is 38.2. The molecule has 23 heteroatoms. The number of ether oxygens (including phenoxy) is 8. The Morgan fingerprint density at radius 2 is 0.531 bits per heavy atom. The molecule has 19 nitrogen and oxygen atoms in total. The zero-order valence-corrected chi connectivity index (χ0v) is 66.3. The van der Waals surface area contributed by atoms with Crippen LogP contribution in [0.3, 0.4) is 0 Å². The van der Waals surface area contributed by atoms with Gasteiger partial charge in [0.25, 0.3) is 0 Å². The van der Waals surface area contributed by atoms with Gasteiger partial charge >= 0.3 is 47.8 Å². The van der Waals surface area contributed by atoms with E-state index in [9.17, 15) is 38.4 Å². The van der Waals surface area contributed by atoms with Gasteiger partial charge in [0, 0.05) is 43.4 Å². The van der Waals surface area contributed by atoms with Gasteiger partial charge in [0.15, 0.2) is 0 Å². The van der Waals surface area contributed by atoms with E-state index in [0.29, 0.717) is 82.5 Å². The maximum absolute atomic E-state index is 13.0. The highest BCUT2D eigenvalue weighted by molar-refractivity contribution is 8.00. The smallest absolute Gasteiger partial charge is 0.318 e. The van der Waals surface area contributed by atoms with Crippen molar-refractivity contribution in [2.75, 3.05) is 153 Å². The Kier molecular flexibility index (Phi) is 67.6. The summed E-state index contributed by atoms with van der Waals surface area (Å²) in [4.78, 5) is 109. The quantitative estimate of drug-likeness (QED) is 0.0314. The molecule has 0 amide bonds. The molecule has 0 radical (unpaired) electrons. The van der Waals surface area contributed by atoms with Gasteiger partial charge in [-0.05, 0) is 102 Å². The number of thioether (sulfide) groups is 4. The van der Waals surface area contributed by atoms with E-state index in [4.69, 9.17) is 37.9 Å². The van der Waals surface area contributed by atoms with Crippen LogP contribution in [0.15, 0.2) is 0 Å². The minimum Gasteiger partial charge on any atom is -0.462 e. The molecule has 0 spiro atoms. The normalized spacial score (nSPS) is 12.7. The highest BCUT2D eigenvalue weighted by Gasteiger charge is 2.21. The number of carbonyl (C=O) groups excluding carboxylic acids is 8. The molecule has 0 aromatic rings. The molecule has 0 fully saturated rings. The summed E-state index contributed by atoms with van der Waals surface area (Å²) in [6.07, 6.45) is 32.2. The van der Waals surface area contributed by atoms with Crippen LogP contribution in [0.1, 0.15) is 254 Å². The molecule has 0 aromatic carbocycles. The van der Waals surface area contributed by atoms with E-state index in [1.807, 2.05) is 44.5 Å². The van der Waals surface area contributed by atoms with E-state index in [2.05, 4.69) is 32.6 Å². The van der Waals surface area contributed by atoms with Gasteiger partial charge in [-0.1, -0.05) is 183 Å². The number of rotatable bonds is 72. The van der Waals surface area contributed by atoms with E-state index in [0.717, 1.165) is 55.1 Å². The van der Waals surface area contributed by atoms with Gasteiger partial charge in [-0.3, -0.25) is 38.4 Å². The van der Waals surface area contributed by atoms with Gasteiger partial charge in [-0.2, -0.15) is 35.3 Å². The van der Waals surface area contributed by atoms with Crippen molar-refractivity contribution in [3.05, 3.63) is 0 Å². The summed E-state index contributed by atoms with van der Waals surface area (Å²) in [6.45, 7) is 19.7. The largest absolute Gasteiger partial charge is 0.462 e. The van der Waals surface area contributed by atoms with Crippen LogP contribution >= 0.6 is 47.0 Å².